The fraction of sp³-hybridized carbons (Fsp3) is 0.529. The summed E-state index contributed by atoms with van der Waals surface area (Å²) < 4.78 is 5.34. The first-order chi connectivity index (χ1) is 9.26. The van der Waals surface area contributed by atoms with Gasteiger partial charge in [-0.15, -0.1) is 0 Å². The van der Waals surface area contributed by atoms with E-state index in [-0.39, 0.29) is 0 Å². The summed E-state index contributed by atoms with van der Waals surface area (Å²) in [6.45, 7) is 2.11. The minimum atomic E-state index is 0.350. The van der Waals surface area contributed by atoms with Gasteiger partial charge < -0.3 is 10.1 Å². The number of hydrogen-bond acceptors (Lipinski definition) is 2. The van der Waals surface area contributed by atoms with Crippen LogP contribution in [0.4, 0.5) is 0 Å². The molecule has 1 aliphatic carbocycles. The molecule has 0 radical (unpaired) electrons. The van der Waals surface area contributed by atoms with Crippen molar-refractivity contribution >= 4 is 0 Å². The molecule has 1 aromatic rings. The molecule has 0 aromatic heterocycles. The molecule has 0 saturated heterocycles. The minimum Gasteiger partial charge on any atom is -0.496 e. The highest BCUT2D eigenvalue weighted by Crippen LogP contribution is 2.31. The van der Waals surface area contributed by atoms with Crippen LogP contribution in [0, 0.1) is 6.92 Å². The van der Waals surface area contributed by atoms with Gasteiger partial charge in [0.15, 0.2) is 0 Å². The van der Waals surface area contributed by atoms with E-state index >= 15 is 0 Å². The number of aryl methyl sites for hydroxylation is 1. The molecule has 1 N–H and O–H groups in total. The first kappa shape index (κ1) is 14.1. The zero-order valence-corrected chi connectivity index (χ0v) is 12.3. The van der Waals surface area contributed by atoms with Gasteiger partial charge in [0.25, 0.3) is 0 Å². The Balaban J connectivity index is 2.25. The van der Waals surface area contributed by atoms with Crippen molar-refractivity contribution in [2.24, 2.45) is 0 Å². The lowest BCUT2D eigenvalue weighted by atomic mass is 9.94. The van der Waals surface area contributed by atoms with Gasteiger partial charge in [0.1, 0.15) is 5.75 Å². The maximum absolute atomic E-state index is 5.34. The van der Waals surface area contributed by atoms with Gasteiger partial charge in [-0.2, -0.15) is 0 Å². The number of methoxy groups -OCH3 is 1. The molecule has 2 nitrogen and oxygen atoms in total. The summed E-state index contributed by atoms with van der Waals surface area (Å²) in [5.41, 5.74) is 4.09. The van der Waals surface area contributed by atoms with E-state index in [0.29, 0.717) is 6.04 Å². The quantitative estimate of drug-likeness (QED) is 0.820. The maximum atomic E-state index is 5.34. The highest BCUT2D eigenvalue weighted by atomic mass is 16.5. The normalized spacial score (nSPS) is 17.5. The van der Waals surface area contributed by atoms with E-state index in [0.717, 1.165) is 5.75 Å². The second kappa shape index (κ2) is 6.76. The van der Waals surface area contributed by atoms with Crippen LogP contribution >= 0.6 is 0 Å². The first-order valence-corrected chi connectivity index (χ1v) is 7.27. The predicted octanol–water partition coefficient (Wildman–Crippen LogP) is 4.15. The lowest BCUT2D eigenvalue weighted by Crippen LogP contribution is -2.19. The summed E-state index contributed by atoms with van der Waals surface area (Å²) in [7, 11) is 3.78. The van der Waals surface area contributed by atoms with Crippen LogP contribution in [-0.4, -0.2) is 14.2 Å². The van der Waals surface area contributed by atoms with Gasteiger partial charge in [0, 0.05) is 0 Å². The Kier molecular flexibility index (Phi) is 5.03. The number of rotatable bonds is 4. The number of likely N-dealkylation sites (N-methyl/N-ethyl adjacent to an activating group) is 1. The van der Waals surface area contributed by atoms with Crippen LogP contribution in [-0.2, 0) is 0 Å². The average Bonchev–Trinajstić information content (AvgIpc) is 2.69. The van der Waals surface area contributed by atoms with E-state index in [9.17, 15) is 0 Å². The standard InChI is InChI=1S/C17H25NO/c1-13-12-15(10-11-16(13)19-3)17(18-2)14-8-6-4-5-7-9-14/h8,10-12,17-18H,4-7,9H2,1-3H3. The number of ether oxygens (including phenoxy) is 1. The monoisotopic (exact) mass is 259 g/mol. The molecule has 1 aliphatic rings. The molecule has 104 valence electrons. The third-order valence-electron chi connectivity index (χ3n) is 3.99. The van der Waals surface area contributed by atoms with E-state index in [2.05, 4.69) is 43.6 Å². The molecule has 19 heavy (non-hydrogen) atoms. The molecule has 2 rings (SSSR count). The molecule has 0 saturated carbocycles. The summed E-state index contributed by atoms with van der Waals surface area (Å²) in [6.07, 6.45) is 8.89. The Morgan fingerprint density at radius 1 is 1.21 bits per heavy atom. The fourth-order valence-electron chi connectivity index (χ4n) is 2.95. The van der Waals surface area contributed by atoms with Crippen molar-refractivity contribution in [3.8, 4) is 5.75 Å². The van der Waals surface area contributed by atoms with Crippen molar-refractivity contribution in [3.05, 3.63) is 41.0 Å². The molecule has 0 bridgehead atoms. The lowest BCUT2D eigenvalue weighted by molar-refractivity contribution is 0.411. The van der Waals surface area contributed by atoms with Gasteiger partial charge in [0.2, 0.25) is 0 Å². The third-order valence-corrected chi connectivity index (χ3v) is 3.99. The maximum Gasteiger partial charge on any atom is 0.121 e. The SMILES string of the molecule is CNC(C1=CCCCCC1)c1ccc(OC)c(C)c1. The van der Waals surface area contributed by atoms with Gasteiger partial charge in [-0.1, -0.05) is 30.2 Å². The van der Waals surface area contributed by atoms with Gasteiger partial charge in [-0.05, 0) is 56.8 Å². The molecule has 2 heteroatoms. The van der Waals surface area contributed by atoms with Crippen LogP contribution < -0.4 is 10.1 Å². The molecule has 0 amide bonds. The minimum absolute atomic E-state index is 0.350. The second-order valence-electron chi connectivity index (χ2n) is 5.33. The van der Waals surface area contributed by atoms with Crippen molar-refractivity contribution in [1.29, 1.82) is 0 Å². The van der Waals surface area contributed by atoms with E-state index in [1.54, 1.807) is 12.7 Å². The Morgan fingerprint density at radius 2 is 2.05 bits per heavy atom. The van der Waals surface area contributed by atoms with Crippen LogP contribution in [0.15, 0.2) is 29.8 Å². The highest BCUT2D eigenvalue weighted by molar-refractivity contribution is 5.40. The Bertz CT molecular complexity index is 451. The van der Waals surface area contributed by atoms with Gasteiger partial charge in [-0.3, -0.25) is 0 Å². The molecule has 0 heterocycles. The molecule has 0 spiro atoms. The fourth-order valence-corrected chi connectivity index (χ4v) is 2.95. The largest absolute Gasteiger partial charge is 0.496 e. The molecular formula is C17H25NO. The summed E-state index contributed by atoms with van der Waals surface area (Å²) in [5, 5.41) is 3.47. The zero-order valence-electron chi connectivity index (χ0n) is 12.3. The number of hydrogen-bond donors (Lipinski definition) is 1. The smallest absolute Gasteiger partial charge is 0.121 e. The number of allylic oxidation sites excluding steroid dienone is 1. The van der Waals surface area contributed by atoms with E-state index in [1.165, 1.54) is 43.2 Å². The summed E-state index contributed by atoms with van der Waals surface area (Å²) in [4.78, 5) is 0. The summed E-state index contributed by atoms with van der Waals surface area (Å²) >= 11 is 0. The van der Waals surface area contributed by atoms with Crippen LogP contribution in [0.2, 0.25) is 0 Å². The predicted molar refractivity (Wildman–Crippen MR) is 80.7 cm³/mol. The van der Waals surface area contributed by atoms with Crippen molar-refractivity contribution in [2.45, 2.75) is 45.1 Å². The first-order valence-electron chi connectivity index (χ1n) is 7.27. The molecule has 0 fully saturated rings. The Hall–Kier alpha value is -1.28. The molecule has 1 atom stereocenters. The van der Waals surface area contributed by atoms with Crippen molar-refractivity contribution < 1.29 is 4.74 Å². The van der Waals surface area contributed by atoms with Gasteiger partial charge in [0.05, 0.1) is 13.2 Å². The third kappa shape index (κ3) is 3.38. The molecule has 1 unspecified atom stereocenters. The second-order valence-corrected chi connectivity index (χ2v) is 5.33. The number of nitrogens with one attached hydrogen (secondary N) is 1. The zero-order chi connectivity index (χ0) is 13.7. The molecule has 0 aliphatic heterocycles. The van der Waals surface area contributed by atoms with E-state index in [1.807, 2.05) is 0 Å². The van der Waals surface area contributed by atoms with E-state index in [4.69, 9.17) is 4.74 Å². The highest BCUT2D eigenvalue weighted by Gasteiger charge is 2.16. The topological polar surface area (TPSA) is 21.3 Å². The van der Waals surface area contributed by atoms with Crippen molar-refractivity contribution in [1.82, 2.24) is 5.32 Å². The van der Waals surface area contributed by atoms with Crippen molar-refractivity contribution in [3.63, 3.8) is 0 Å². The van der Waals surface area contributed by atoms with Crippen LogP contribution in [0.1, 0.15) is 49.3 Å². The Morgan fingerprint density at radius 3 is 2.74 bits per heavy atom. The van der Waals surface area contributed by atoms with Gasteiger partial charge in [-0.25, -0.2) is 0 Å². The van der Waals surface area contributed by atoms with Gasteiger partial charge >= 0.3 is 0 Å². The molecular weight excluding hydrogens is 234 g/mol. The van der Waals surface area contributed by atoms with Crippen LogP contribution in [0.5, 0.6) is 5.75 Å². The van der Waals surface area contributed by atoms with Crippen molar-refractivity contribution in [2.75, 3.05) is 14.2 Å². The molecule has 1 aromatic carbocycles. The lowest BCUT2D eigenvalue weighted by Gasteiger charge is -2.21. The summed E-state index contributed by atoms with van der Waals surface area (Å²) in [5.74, 6) is 0.966. The van der Waals surface area contributed by atoms with E-state index < -0.39 is 0 Å². The summed E-state index contributed by atoms with van der Waals surface area (Å²) in [6, 6.07) is 6.85. The van der Waals surface area contributed by atoms with Crippen LogP contribution in [0.25, 0.3) is 0 Å². The average molecular weight is 259 g/mol. The van der Waals surface area contributed by atoms with Crippen LogP contribution in [0.3, 0.4) is 0 Å². The number of benzene rings is 1. The Labute approximate surface area is 116 Å².